The van der Waals surface area contributed by atoms with Crippen molar-refractivity contribution in [2.75, 3.05) is 26.7 Å². The quantitative estimate of drug-likeness (QED) is 0.898. The molecule has 1 saturated heterocycles. The second-order valence-electron chi connectivity index (χ2n) is 6.21. The van der Waals surface area contributed by atoms with Crippen molar-refractivity contribution in [3.8, 4) is 5.75 Å². The molecule has 1 aliphatic heterocycles. The van der Waals surface area contributed by atoms with Gasteiger partial charge in [-0.3, -0.25) is 4.90 Å². The third kappa shape index (κ3) is 3.74. The van der Waals surface area contributed by atoms with Gasteiger partial charge in [0.1, 0.15) is 5.75 Å². The van der Waals surface area contributed by atoms with Crippen molar-refractivity contribution in [1.82, 2.24) is 4.90 Å². The van der Waals surface area contributed by atoms with Crippen LogP contribution in [0.2, 0.25) is 0 Å². The van der Waals surface area contributed by atoms with E-state index in [0.29, 0.717) is 12.0 Å². The standard InChI is InChI=1S/C17H28N2O/c1-13-10-14(2)17(11-18)19(12-13)9-8-15-4-6-16(20-3)7-5-15/h4-7,13-14,17H,8-12,18H2,1-3H3. The van der Waals surface area contributed by atoms with Crippen molar-refractivity contribution in [3.63, 3.8) is 0 Å². The molecule has 1 aromatic rings. The van der Waals surface area contributed by atoms with Crippen molar-refractivity contribution in [2.45, 2.75) is 32.7 Å². The first-order chi connectivity index (χ1) is 9.63. The van der Waals surface area contributed by atoms with Gasteiger partial charge in [0.15, 0.2) is 0 Å². The molecule has 0 amide bonds. The van der Waals surface area contributed by atoms with E-state index >= 15 is 0 Å². The molecule has 3 atom stereocenters. The molecular weight excluding hydrogens is 248 g/mol. The Labute approximate surface area is 123 Å². The van der Waals surface area contributed by atoms with Crippen LogP contribution in [0, 0.1) is 11.8 Å². The zero-order valence-electron chi connectivity index (χ0n) is 13.0. The van der Waals surface area contributed by atoms with Crippen LogP contribution in [0.5, 0.6) is 5.75 Å². The summed E-state index contributed by atoms with van der Waals surface area (Å²) in [6.07, 6.45) is 2.39. The van der Waals surface area contributed by atoms with Crippen LogP contribution >= 0.6 is 0 Å². The van der Waals surface area contributed by atoms with Crippen LogP contribution in [0.3, 0.4) is 0 Å². The van der Waals surface area contributed by atoms with Crippen LogP contribution in [0.15, 0.2) is 24.3 Å². The Morgan fingerprint density at radius 3 is 2.55 bits per heavy atom. The predicted octanol–water partition coefficient (Wildman–Crippen LogP) is 2.54. The van der Waals surface area contributed by atoms with Crippen LogP contribution in [-0.4, -0.2) is 37.7 Å². The summed E-state index contributed by atoms with van der Waals surface area (Å²) in [6.45, 7) is 7.75. The first-order valence-electron chi connectivity index (χ1n) is 7.71. The molecule has 0 aliphatic carbocycles. The summed E-state index contributed by atoms with van der Waals surface area (Å²) in [6, 6.07) is 8.94. The Morgan fingerprint density at radius 2 is 1.95 bits per heavy atom. The maximum Gasteiger partial charge on any atom is 0.118 e. The van der Waals surface area contributed by atoms with Crippen molar-refractivity contribution < 1.29 is 4.74 Å². The number of nitrogens with zero attached hydrogens (tertiary/aromatic N) is 1. The van der Waals surface area contributed by atoms with Crippen molar-refractivity contribution >= 4 is 0 Å². The normalized spacial score (nSPS) is 27.5. The van der Waals surface area contributed by atoms with Crippen LogP contribution in [0.4, 0.5) is 0 Å². The molecule has 0 bridgehead atoms. The smallest absolute Gasteiger partial charge is 0.118 e. The molecule has 2 rings (SSSR count). The lowest BCUT2D eigenvalue weighted by atomic mass is 9.85. The number of hydrogen-bond acceptors (Lipinski definition) is 3. The molecule has 0 aromatic heterocycles. The highest BCUT2D eigenvalue weighted by Gasteiger charge is 2.30. The Bertz CT molecular complexity index is 404. The fraction of sp³-hybridized carbons (Fsp3) is 0.647. The van der Waals surface area contributed by atoms with Crippen LogP contribution in [0.25, 0.3) is 0 Å². The number of likely N-dealkylation sites (tertiary alicyclic amines) is 1. The Balaban J connectivity index is 1.93. The number of rotatable bonds is 5. The molecule has 2 N–H and O–H groups in total. The minimum atomic E-state index is 0.546. The van der Waals surface area contributed by atoms with Gasteiger partial charge in [-0.1, -0.05) is 26.0 Å². The van der Waals surface area contributed by atoms with E-state index in [2.05, 4.69) is 30.9 Å². The summed E-state index contributed by atoms with van der Waals surface area (Å²) in [4.78, 5) is 2.59. The number of nitrogens with two attached hydrogens (primary N) is 1. The SMILES string of the molecule is COc1ccc(CCN2CC(C)CC(C)C2CN)cc1. The Kier molecular flexibility index (Phi) is 5.44. The molecule has 1 aromatic carbocycles. The van der Waals surface area contributed by atoms with Crippen molar-refractivity contribution in [1.29, 1.82) is 0 Å². The zero-order valence-corrected chi connectivity index (χ0v) is 13.0. The molecule has 3 nitrogen and oxygen atoms in total. The van der Waals surface area contributed by atoms with Crippen molar-refractivity contribution in [2.24, 2.45) is 17.6 Å². The third-order valence-corrected chi connectivity index (χ3v) is 4.53. The molecule has 3 unspecified atom stereocenters. The number of ether oxygens (including phenoxy) is 1. The second-order valence-corrected chi connectivity index (χ2v) is 6.21. The predicted molar refractivity (Wildman–Crippen MR) is 84.1 cm³/mol. The highest BCUT2D eigenvalue weighted by atomic mass is 16.5. The number of piperidine rings is 1. The van der Waals surface area contributed by atoms with Crippen molar-refractivity contribution in [3.05, 3.63) is 29.8 Å². The van der Waals surface area contributed by atoms with E-state index in [0.717, 1.165) is 31.2 Å². The lowest BCUT2D eigenvalue weighted by Crippen LogP contribution is -2.51. The molecular formula is C17H28N2O. The number of benzene rings is 1. The summed E-state index contributed by atoms with van der Waals surface area (Å²) >= 11 is 0. The molecule has 0 saturated carbocycles. The van der Waals surface area contributed by atoms with Gasteiger partial charge in [-0.25, -0.2) is 0 Å². The lowest BCUT2D eigenvalue weighted by Gasteiger charge is -2.42. The largest absolute Gasteiger partial charge is 0.497 e. The summed E-state index contributed by atoms with van der Waals surface area (Å²) in [5.74, 6) is 2.41. The van der Waals surface area contributed by atoms with E-state index in [4.69, 9.17) is 10.5 Å². The van der Waals surface area contributed by atoms with Gasteiger partial charge in [-0.15, -0.1) is 0 Å². The molecule has 1 fully saturated rings. The molecule has 3 heteroatoms. The highest BCUT2D eigenvalue weighted by molar-refractivity contribution is 5.27. The van der Waals surface area contributed by atoms with E-state index in [1.807, 2.05) is 12.1 Å². The first kappa shape index (κ1) is 15.3. The second kappa shape index (κ2) is 7.09. The van der Waals surface area contributed by atoms with Gasteiger partial charge in [0, 0.05) is 25.7 Å². The summed E-state index contributed by atoms with van der Waals surface area (Å²) < 4.78 is 5.20. The van der Waals surface area contributed by atoms with Gasteiger partial charge in [-0.2, -0.15) is 0 Å². The molecule has 1 heterocycles. The van der Waals surface area contributed by atoms with Gasteiger partial charge in [0.05, 0.1) is 7.11 Å². The monoisotopic (exact) mass is 276 g/mol. The van der Waals surface area contributed by atoms with Gasteiger partial charge in [0.2, 0.25) is 0 Å². The van der Waals surface area contributed by atoms with E-state index in [-0.39, 0.29) is 0 Å². The maximum absolute atomic E-state index is 5.98. The highest BCUT2D eigenvalue weighted by Crippen LogP contribution is 2.26. The average Bonchev–Trinajstić information content (AvgIpc) is 2.45. The Morgan fingerprint density at radius 1 is 1.25 bits per heavy atom. The fourth-order valence-corrected chi connectivity index (χ4v) is 3.47. The molecule has 1 aliphatic rings. The van der Waals surface area contributed by atoms with Gasteiger partial charge in [-0.05, 0) is 42.4 Å². The topological polar surface area (TPSA) is 38.5 Å². The lowest BCUT2D eigenvalue weighted by molar-refractivity contribution is 0.0747. The minimum absolute atomic E-state index is 0.546. The summed E-state index contributed by atoms with van der Waals surface area (Å²) in [5, 5.41) is 0. The first-order valence-corrected chi connectivity index (χ1v) is 7.71. The molecule has 0 spiro atoms. The van der Waals surface area contributed by atoms with E-state index in [1.165, 1.54) is 18.5 Å². The molecule has 20 heavy (non-hydrogen) atoms. The Hall–Kier alpha value is -1.06. The maximum atomic E-state index is 5.98. The average molecular weight is 276 g/mol. The van der Waals surface area contributed by atoms with Gasteiger partial charge >= 0.3 is 0 Å². The minimum Gasteiger partial charge on any atom is -0.497 e. The number of methoxy groups -OCH3 is 1. The molecule has 0 radical (unpaired) electrons. The van der Waals surface area contributed by atoms with Crippen LogP contribution in [-0.2, 0) is 6.42 Å². The van der Waals surface area contributed by atoms with Gasteiger partial charge in [0.25, 0.3) is 0 Å². The summed E-state index contributed by atoms with van der Waals surface area (Å²) in [7, 11) is 1.71. The summed E-state index contributed by atoms with van der Waals surface area (Å²) in [5.41, 5.74) is 7.35. The van der Waals surface area contributed by atoms with Crippen LogP contribution < -0.4 is 10.5 Å². The number of hydrogen-bond donors (Lipinski definition) is 1. The third-order valence-electron chi connectivity index (χ3n) is 4.53. The fourth-order valence-electron chi connectivity index (χ4n) is 3.47. The molecule has 112 valence electrons. The van der Waals surface area contributed by atoms with E-state index in [1.54, 1.807) is 7.11 Å². The van der Waals surface area contributed by atoms with E-state index < -0.39 is 0 Å². The van der Waals surface area contributed by atoms with E-state index in [9.17, 15) is 0 Å². The zero-order chi connectivity index (χ0) is 14.5. The van der Waals surface area contributed by atoms with Crippen LogP contribution in [0.1, 0.15) is 25.8 Å². The van der Waals surface area contributed by atoms with Gasteiger partial charge < -0.3 is 10.5 Å².